The lowest BCUT2D eigenvalue weighted by molar-refractivity contribution is -0.387. The number of nitrogens with zero attached hydrogens (tertiary/aromatic N) is 3. The molecule has 0 atom stereocenters. The molecule has 0 fully saturated rings. The fraction of sp³-hybridized carbons (Fsp3) is 0. The highest BCUT2D eigenvalue weighted by Crippen LogP contribution is 2.31. The molecule has 0 radical (unpaired) electrons. The number of halogens is 1. The average molecular weight is 416 g/mol. The van der Waals surface area contributed by atoms with Crippen LogP contribution in [0.5, 0.6) is 0 Å². The number of rotatable bonds is 5. The predicted molar refractivity (Wildman–Crippen MR) is 115 cm³/mol. The number of fused-ring (bicyclic) bond motifs is 1. The van der Waals surface area contributed by atoms with Crippen molar-refractivity contribution in [3.05, 3.63) is 93.2 Å². The van der Waals surface area contributed by atoms with Crippen LogP contribution in [0.3, 0.4) is 0 Å². The van der Waals surface area contributed by atoms with Gasteiger partial charge in [0, 0.05) is 28.9 Å². The van der Waals surface area contributed by atoms with Crippen molar-refractivity contribution >= 4 is 39.1 Å². The molecular weight excluding hydrogens is 403 g/mol. The van der Waals surface area contributed by atoms with Crippen molar-refractivity contribution in [3.63, 3.8) is 0 Å². The standard InChI is InChI=1S/C22H13FN4O2S/c23-19-9-8-16(10-21(19)27(28)29)25-12-15(11-24)22-26-20(13-30-22)18-7-3-5-14-4-1-2-6-17(14)18/h1-10,12-13,25H. The lowest BCUT2D eigenvalue weighted by Crippen LogP contribution is -1.96. The molecule has 0 aliphatic heterocycles. The maximum absolute atomic E-state index is 13.5. The van der Waals surface area contributed by atoms with Crippen molar-refractivity contribution in [1.29, 1.82) is 5.26 Å². The number of allylic oxidation sites excluding steroid dienone is 1. The minimum Gasteiger partial charge on any atom is -0.360 e. The van der Waals surface area contributed by atoms with Gasteiger partial charge >= 0.3 is 5.69 Å². The summed E-state index contributed by atoms with van der Waals surface area (Å²) < 4.78 is 13.5. The van der Waals surface area contributed by atoms with Crippen LogP contribution in [-0.4, -0.2) is 9.91 Å². The largest absolute Gasteiger partial charge is 0.360 e. The van der Waals surface area contributed by atoms with Gasteiger partial charge in [-0.3, -0.25) is 10.1 Å². The van der Waals surface area contributed by atoms with E-state index in [9.17, 15) is 19.8 Å². The quantitative estimate of drug-likeness (QED) is 0.245. The van der Waals surface area contributed by atoms with Crippen molar-refractivity contribution in [2.75, 3.05) is 5.32 Å². The van der Waals surface area contributed by atoms with Gasteiger partial charge in [0.25, 0.3) is 0 Å². The van der Waals surface area contributed by atoms with Gasteiger partial charge in [-0.15, -0.1) is 11.3 Å². The molecule has 1 aromatic heterocycles. The van der Waals surface area contributed by atoms with E-state index in [2.05, 4.69) is 16.4 Å². The second-order valence-corrected chi connectivity index (χ2v) is 7.16. The van der Waals surface area contributed by atoms with Crippen LogP contribution in [0.2, 0.25) is 0 Å². The van der Waals surface area contributed by atoms with E-state index >= 15 is 0 Å². The molecule has 0 aliphatic rings. The summed E-state index contributed by atoms with van der Waals surface area (Å²) in [6, 6.07) is 19.5. The summed E-state index contributed by atoms with van der Waals surface area (Å²) in [6.07, 6.45) is 1.41. The maximum Gasteiger partial charge on any atom is 0.306 e. The van der Waals surface area contributed by atoms with Gasteiger partial charge < -0.3 is 5.32 Å². The molecule has 0 aliphatic carbocycles. The zero-order valence-corrected chi connectivity index (χ0v) is 16.2. The molecule has 0 bridgehead atoms. The molecule has 30 heavy (non-hydrogen) atoms. The Balaban J connectivity index is 1.64. The summed E-state index contributed by atoms with van der Waals surface area (Å²) in [5.74, 6) is -0.922. The first kappa shape index (κ1) is 19.2. The average Bonchev–Trinajstić information content (AvgIpc) is 3.24. The Morgan fingerprint density at radius 2 is 2.00 bits per heavy atom. The number of nitrogens with one attached hydrogen (secondary N) is 1. The van der Waals surface area contributed by atoms with Crippen molar-refractivity contribution in [2.24, 2.45) is 0 Å². The number of nitriles is 1. The lowest BCUT2D eigenvalue weighted by atomic mass is 10.0. The summed E-state index contributed by atoms with van der Waals surface area (Å²) in [5, 5.41) is 27.8. The number of benzene rings is 3. The van der Waals surface area contributed by atoms with E-state index in [0.717, 1.165) is 34.2 Å². The fourth-order valence-electron chi connectivity index (χ4n) is 3.01. The van der Waals surface area contributed by atoms with Crippen LogP contribution in [0.4, 0.5) is 15.8 Å². The number of nitro benzene ring substituents is 1. The number of anilines is 1. The number of aromatic nitrogens is 1. The normalized spacial score (nSPS) is 11.3. The second kappa shape index (κ2) is 8.11. The van der Waals surface area contributed by atoms with E-state index in [0.29, 0.717) is 10.7 Å². The molecule has 3 aromatic carbocycles. The lowest BCUT2D eigenvalue weighted by Gasteiger charge is -2.03. The highest BCUT2D eigenvalue weighted by Gasteiger charge is 2.15. The van der Waals surface area contributed by atoms with Crippen LogP contribution in [0.1, 0.15) is 5.01 Å². The fourth-order valence-corrected chi connectivity index (χ4v) is 3.80. The van der Waals surface area contributed by atoms with Crippen LogP contribution >= 0.6 is 11.3 Å². The molecule has 146 valence electrons. The van der Waals surface area contributed by atoms with Crippen molar-refractivity contribution in [3.8, 4) is 17.3 Å². The molecule has 6 nitrogen and oxygen atoms in total. The predicted octanol–water partition coefficient (Wildman–Crippen LogP) is 5.99. The van der Waals surface area contributed by atoms with E-state index in [1.807, 2.05) is 47.8 Å². The van der Waals surface area contributed by atoms with Crippen molar-refractivity contribution in [1.82, 2.24) is 4.98 Å². The number of hydrogen-bond donors (Lipinski definition) is 1. The van der Waals surface area contributed by atoms with Crippen molar-refractivity contribution in [2.45, 2.75) is 0 Å². The summed E-state index contributed by atoms with van der Waals surface area (Å²) in [4.78, 5) is 14.7. The smallest absolute Gasteiger partial charge is 0.306 e. The Bertz CT molecular complexity index is 1340. The SMILES string of the molecule is N#CC(=CNc1ccc(F)c([N+](=O)[O-])c1)c1nc(-c2cccc3ccccc23)cs1. The highest BCUT2D eigenvalue weighted by molar-refractivity contribution is 7.11. The first-order valence-corrected chi connectivity index (χ1v) is 9.69. The maximum atomic E-state index is 13.5. The first-order valence-electron chi connectivity index (χ1n) is 8.81. The summed E-state index contributed by atoms with van der Waals surface area (Å²) in [6.45, 7) is 0. The van der Waals surface area contributed by atoms with Gasteiger partial charge in [0.15, 0.2) is 0 Å². The Kier molecular flexibility index (Phi) is 5.20. The number of nitro groups is 1. The van der Waals surface area contributed by atoms with Gasteiger partial charge in [-0.05, 0) is 22.9 Å². The zero-order chi connectivity index (χ0) is 21.1. The Labute approximate surface area is 174 Å². The molecule has 0 spiro atoms. The van der Waals surface area contributed by atoms with Crippen LogP contribution in [-0.2, 0) is 0 Å². The molecule has 1 heterocycles. The summed E-state index contributed by atoms with van der Waals surface area (Å²) in [7, 11) is 0. The van der Waals surface area contributed by atoms with Gasteiger partial charge in [0.05, 0.1) is 10.6 Å². The Morgan fingerprint density at radius 3 is 2.80 bits per heavy atom. The minimum atomic E-state index is -0.922. The van der Waals surface area contributed by atoms with E-state index in [4.69, 9.17) is 0 Å². The monoisotopic (exact) mass is 416 g/mol. The molecule has 0 saturated heterocycles. The van der Waals surface area contributed by atoms with Crippen molar-refractivity contribution < 1.29 is 9.31 Å². The summed E-state index contributed by atoms with van der Waals surface area (Å²) in [5.41, 5.74) is 1.64. The van der Waals surface area contributed by atoms with Gasteiger partial charge in [-0.1, -0.05) is 42.5 Å². The van der Waals surface area contributed by atoms with Gasteiger partial charge in [-0.25, -0.2) is 4.98 Å². The second-order valence-electron chi connectivity index (χ2n) is 6.30. The molecule has 4 aromatic rings. The topological polar surface area (TPSA) is 91.8 Å². The minimum absolute atomic E-state index is 0.262. The third-order valence-corrected chi connectivity index (χ3v) is 5.32. The van der Waals surface area contributed by atoms with Crippen LogP contribution in [0, 0.1) is 27.3 Å². The van der Waals surface area contributed by atoms with Gasteiger partial charge in [0.2, 0.25) is 5.82 Å². The Hall–Kier alpha value is -4.09. The van der Waals surface area contributed by atoms with Crippen LogP contribution < -0.4 is 5.32 Å². The number of hydrogen-bond acceptors (Lipinski definition) is 6. The zero-order valence-electron chi connectivity index (χ0n) is 15.4. The molecule has 0 amide bonds. The first-order chi connectivity index (χ1) is 14.6. The summed E-state index contributed by atoms with van der Waals surface area (Å²) >= 11 is 1.32. The van der Waals surface area contributed by atoms with E-state index in [1.165, 1.54) is 23.6 Å². The number of thiazole rings is 1. The van der Waals surface area contributed by atoms with E-state index in [-0.39, 0.29) is 5.57 Å². The van der Waals surface area contributed by atoms with Gasteiger partial charge in [-0.2, -0.15) is 9.65 Å². The molecule has 1 N–H and O–H groups in total. The highest BCUT2D eigenvalue weighted by atomic mass is 32.1. The molecular formula is C22H13FN4O2S. The molecule has 0 saturated carbocycles. The van der Waals surface area contributed by atoms with Gasteiger partial charge in [0.1, 0.15) is 16.6 Å². The van der Waals surface area contributed by atoms with E-state index in [1.54, 1.807) is 0 Å². The third kappa shape index (κ3) is 3.74. The van der Waals surface area contributed by atoms with Crippen LogP contribution in [0.15, 0.2) is 72.2 Å². The molecule has 4 rings (SSSR count). The van der Waals surface area contributed by atoms with Crippen LogP contribution in [0.25, 0.3) is 27.6 Å². The molecule has 0 unspecified atom stereocenters. The van der Waals surface area contributed by atoms with E-state index < -0.39 is 16.4 Å². The third-order valence-electron chi connectivity index (χ3n) is 4.45. The Morgan fingerprint density at radius 1 is 1.20 bits per heavy atom. The molecule has 8 heteroatoms.